The zero-order chi connectivity index (χ0) is 15.4. The number of rotatable bonds is 5. The van der Waals surface area contributed by atoms with Crippen molar-refractivity contribution in [1.82, 2.24) is 19.9 Å². The summed E-state index contributed by atoms with van der Waals surface area (Å²) >= 11 is 0. The minimum absolute atomic E-state index is 0.0101. The van der Waals surface area contributed by atoms with Crippen LogP contribution in [-0.2, 0) is 13.5 Å². The number of aromatic nitrogens is 3. The Kier molecular flexibility index (Phi) is 4.12. The molecule has 0 saturated carbocycles. The van der Waals surface area contributed by atoms with Crippen molar-refractivity contribution >= 4 is 17.4 Å². The van der Waals surface area contributed by atoms with Gasteiger partial charge in [-0.05, 0) is 0 Å². The highest BCUT2D eigenvalue weighted by Crippen LogP contribution is 2.16. The van der Waals surface area contributed by atoms with E-state index in [1.54, 1.807) is 12.4 Å². The minimum Gasteiger partial charge on any atom is -0.383 e. The van der Waals surface area contributed by atoms with Gasteiger partial charge in [-0.1, -0.05) is 0 Å². The molecular formula is C12H14N6O3. The molecule has 0 atom stereocenters. The predicted molar refractivity (Wildman–Crippen MR) is 74.5 cm³/mol. The van der Waals surface area contributed by atoms with E-state index in [1.807, 2.05) is 11.6 Å². The summed E-state index contributed by atoms with van der Waals surface area (Å²) in [7, 11) is 1.85. The standard InChI is InChI=1S/C12H14N6O3/c1-17-5-4-14-10(17)2-3-15-12(19)9-6-8(18(20)21)7-16-11(9)13/h4-7H,2-3H2,1H3,(H2,13,16)(H,15,19). The van der Waals surface area contributed by atoms with Crippen LogP contribution in [0.25, 0.3) is 0 Å². The maximum atomic E-state index is 12.0. The molecule has 3 N–H and O–H groups in total. The van der Waals surface area contributed by atoms with Crippen LogP contribution in [-0.4, -0.2) is 31.9 Å². The molecule has 0 fully saturated rings. The first-order valence-corrected chi connectivity index (χ1v) is 6.13. The first kappa shape index (κ1) is 14.4. The van der Waals surface area contributed by atoms with E-state index in [1.165, 1.54) is 0 Å². The Labute approximate surface area is 120 Å². The van der Waals surface area contributed by atoms with E-state index >= 15 is 0 Å². The molecule has 0 bridgehead atoms. The first-order chi connectivity index (χ1) is 9.99. The van der Waals surface area contributed by atoms with Gasteiger partial charge in [-0.15, -0.1) is 0 Å². The molecule has 2 rings (SSSR count). The van der Waals surface area contributed by atoms with Crippen LogP contribution in [0.4, 0.5) is 11.5 Å². The average molecular weight is 290 g/mol. The van der Waals surface area contributed by atoms with Gasteiger partial charge in [0.25, 0.3) is 11.6 Å². The Balaban J connectivity index is 2.01. The predicted octanol–water partition coefficient (Wildman–Crippen LogP) is 0.278. The summed E-state index contributed by atoms with van der Waals surface area (Å²) in [6.45, 7) is 0.339. The monoisotopic (exact) mass is 290 g/mol. The summed E-state index contributed by atoms with van der Waals surface area (Å²) in [5, 5.41) is 13.3. The minimum atomic E-state index is -0.628. The fraction of sp³-hybridized carbons (Fsp3) is 0.250. The number of nitrogens with one attached hydrogen (secondary N) is 1. The second kappa shape index (κ2) is 5.99. The number of nitro groups is 1. The van der Waals surface area contributed by atoms with Crippen LogP contribution in [0.2, 0.25) is 0 Å². The summed E-state index contributed by atoms with van der Waals surface area (Å²) in [4.78, 5) is 29.8. The Bertz CT molecular complexity index is 681. The van der Waals surface area contributed by atoms with E-state index < -0.39 is 10.8 Å². The van der Waals surface area contributed by atoms with Crippen LogP contribution in [0.5, 0.6) is 0 Å². The fourth-order valence-electron chi connectivity index (χ4n) is 1.77. The van der Waals surface area contributed by atoms with E-state index in [4.69, 9.17) is 5.73 Å². The number of hydrogen-bond donors (Lipinski definition) is 2. The maximum absolute atomic E-state index is 12.0. The molecule has 1 amide bonds. The molecule has 2 aromatic rings. The number of nitrogens with two attached hydrogens (primary N) is 1. The Morgan fingerprint density at radius 3 is 2.90 bits per heavy atom. The van der Waals surface area contributed by atoms with Gasteiger partial charge in [-0.3, -0.25) is 14.9 Å². The summed E-state index contributed by atoms with van der Waals surface area (Å²) in [6.07, 6.45) is 5.02. The number of aryl methyl sites for hydroxylation is 1. The fourth-order valence-corrected chi connectivity index (χ4v) is 1.77. The molecule has 110 valence electrons. The van der Waals surface area contributed by atoms with Crippen molar-refractivity contribution in [2.24, 2.45) is 7.05 Å². The molecule has 0 aromatic carbocycles. The van der Waals surface area contributed by atoms with E-state index in [9.17, 15) is 14.9 Å². The van der Waals surface area contributed by atoms with Crippen LogP contribution in [0.1, 0.15) is 16.2 Å². The van der Waals surface area contributed by atoms with Gasteiger partial charge in [0.2, 0.25) is 0 Å². The van der Waals surface area contributed by atoms with E-state index in [-0.39, 0.29) is 17.1 Å². The van der Waals surface area contributed by atoms with Crippen molar-refractivity contribution in [3.05, 3.63) is 46.2 Å². The first-order valence-electron chi connectivity index (χ1n) is 6.13. The summed E-state index contributed by atoms with van der Waals surface area (Å²) in [5.74, 6) is 0.272. The molecule has 21 heavy (non-hydrogen) atoms. The van der Waals surface area contributed by atoms with Crippen molar-refractivity contribution in [3.63, 3.8) is 0 Å². The second-order valence-corrected chi connectivity index (χ2v) is 4.34. The highest BCUT2D eigenvalue weighted by Gasteiger charge is 2.16. The van der Waals surface area contributed by atoms with Gasteiger partial charge >= 0.3 is 0 Å². The summed E-state index contributed by atoms with van der Waals surface area (Å²) in [5.41, 5.74) is 5.28. The van der Waals surface area contributed by atoms with E-state index in [0.717, 1.165) is 18.1 Å². The normalized spacial score (nSPS) is 10.3. The van der Waals surface area contributed by atoms with Crippen LogP contribution < -0.4 is 11.1 Å². The van der Waals surface area contributed by atoms with Crippen LogP contribution in [0.3, 0.4) is 0 Å². The van der Waals surface area contributed by atoms with Gasteiger partial charge < -0.3 is 15.6 Å². The molecule has 2 heterocycles. The van der Waals surface area contributed by atoms with Gasteiger partial charge in [-0.25, -0.2) is 9.97 Å². The van der Waals surface area contributed by atoms with Crippen molar-refractivity contribution in [2.75, 3.05) is 12.3 Å². The Morgan fingerprint density at radius 1 is 1.52 bits per heavy atom. The summed E-state index contributed by atoms with van der Waals surface area (Å²) in [6, 6.07) is 1.11. The van der Waals surface area contributed by atoms with Gasteiger partial charge in [0.1, 0.15) is 17.8 Å². The van der Waals surface area contributed by atoms with Gasteiger partial charge in [-0.2, -0.15) is 0 Å². The highest BCUT2D eigenvalue weighted by atomic mass is 16.6. The second-order valence-electron chi connectivity index (χ2n) is 4.34. The third kappa shape index (κ3) is 3.32. The largest absolute Gasteiger partial charge is 0.383 e. The Hall–Kier alpha value is -2.97. The Morgan fingerprint density at radius 2 is 2.29 bits per heavy atom. The number of amides is 1. The lowest BCUT2D eigenvalue weighted by atomic mass is 10.2. The molecule has 0 spiro atoms. The zero-order valence-corrected chi connectivity index (χ0v) is 11.3. The maximum Gasteiger partial charge on any atom is 0.288 e. The number of nitrogens with zero attached hydrogens (tertiary/aromatic N) is 4. The van der Waals surface area contributed by atoms with Gasteiger partial charge in [0.05, 0.1) is 10.5 Å². The van der Waals surface area contributed by atoms with E-state index in [0.29, 0.717) is 13.0 Å². The highest BCUT2D eigenvalue weighted by molar-refractivity contribution is 5.98. The lowest BCUT2D eigenvalue weighted by Gasteiger charge is -2.07. The molecule has 0 aliphatic heterocycles. The average Bonchev–Trinajstić information content (AvgIpc) is 2.84. The van der Waals surface area contributed by atoms with Crippen LogP contribution in [0, 0.1) is 10.1 Å². The smallest absolute Gasteiger partial charge is 0.288 e. The number of imidazole rings is 1. The number of pyridine rings is 1. The molecule has 9 heteroatoms. The third-order valence-electron chi connectivity index (χ3n) is 2.91. The number of nitrogen functional groups attached to an aromatic ring is 1. The molecule has 2 aromatic heterocycles. The number of carbonyl (C=O) groups excluding carboxylic acids is 1. The van der Waals surface area contributed by atoms with Gasteiger partial charge in [0.15, 0.2) is 0 Å². The van der Waals surface area contributed by atoms with E-state index in [2.05, 4.69) is 15.3 Å². The van der Waals surface area contributed by atoms with Crippen LogP contribution >= 0.6 is 0 Å². The van der Waals surface area contributed by atoms with Crippen molar-refractivity contribution < 1.29 is 9.72 Å². The van der Waals surface area contributed by atoms with Crippen molar-refractivity contribution in [2.45, 2.75) is 6.42 Å². The van der Waals surface area contributed by atoms with Gasteiger partial charge in [0, 0.05) is 38.5 Å². The molecule has 0 aliphatic rings. The number of hydrogen-bond acceptors (Lipinski definition) is 6. The SMILES string of the molecule is Cn1ccnc1CCNC(=O)c1cc([N+](=O)[O-])cnc1N. The topological polar surface area (TPSA) is 129 Å². The lowest BCUT2D eigenvalue weighted by molar-refractivity contribution is -0.385. The van der Waals surface area contributed by atoms with Crippen molar-refractivity contribution in [3.8, 4) is 0 Å². The molecule has 0 radical (unpaired) electrons. The number of carbonyl (C=O) groups is 1. The third-order valence-corrected chi connectivity index (χ3v) is 2.91. The van der Waals surface area contributed by atoms with Crippen LogP contribution in [0.15, 0.2) is 24.7 Å². The lowest BCUT2D eigenvalue weighted by Crippen LogP contribution is -2.27. The molecule has 0 unspecified atom stereocenters. The molecule has 9 nitrogen and oxygen atoms in total. The quantitative estimate of drug-likeness (QED) is 0.601. The molecule has 0 aliphatic carbocycles. The molecular weight excluding hydrogens is 276 g/mol. The summed E-state index contributed by atoms with van der Waals surface area (Å²) < 4.78 is 1.84. The zero-order valence-electron chi connectivity index (χ0n) is 11.3. The number of anilines is 1. The van der Waals surface area contributed by atoms with Crippen molar-refractivity contribution in [1.29, 1.82) is 0 Å². The molecule has 0 saturated heterocycles.